The van der Waals surface area contributed by atoms with E-state index in [0.717, 1.165) is 51.4 Å². The average molecular weight is 1060 g/mol. The second kappa shape index (κ2) is 46.9. The van der Waals surface area contributed by atoms with E-state index in [0.29, 0.717) is 12.8 Å². The molecule has 12 unspecified atom stereocenters. The van der Waals surface area contributed by atoms with Crippen LogP contribution in [0.2, 0.25) is 0 Å². The maximum atomic E-state index is 13.2. The first-order valence-corrected chi connectivity index (χ1v) is 31.3. The summed E-state index contributed by atoms with van der Waals surface area (Å²) in [5.74, 6) is -0.202. The fourth-order valence-electron chi connectivity index (χ4n) is 10.8. The summed E-state index contributed by atoms with van der Waals surface area (Å²) in [6.07, 6.45) is 35.7. The number of hydrogen-bond acceptors (Lipinski definition) is 13. The molecule has 0 aromatic carbocycles. The molecular formula is C60H117NO13. The summed E-state index contributed by atoms with van der Waals surface area (Å²) < 4.78 is 22.8. The highest BCUT2D eigenvalue weighted by Crippen LogP contribution is 2.30. The normalized spacial score (nSPS) is 25.1. The highest BCUT2D eigenvalue weighted by atomic mass is 16.7. The number of carbonyl (C=O) groups is 1. The van der Waals surface area contributed by atoms with Gasteiger partial charge in [-0.05, 0) is 12.8 Å². The maximum absolute atomic E-state index is 13.2. The van der Waals surface area contributed by atoms with E-state index < -0.39 is 86.8 Å². The highest BCUT2D eigenvalue weighted by molar-refractivity contribution is 5.76. The molecule has 440 valence electrons. The average Bonchev–Trinajstić information content (AvgIpc) is 3.40. The van der Waals surface area contributed by atoms with Gasteiger partial charge in [0, 0.05) is 6.42 Å². The van der Waals surface area contributed by atoms with Crippen molar-refractivity contribution in [1.29, 1.82) is 0 Å². The summed E-state index contributed by atoms with van der Waals surface area (Å²) in [7, 11) is 0. The Balaban J connectivity index is 1.61. The third-order valence-corrected chi connectivity index (χ3v) is 15.8. The zero-order valence-electron chi connectivity index (χ0n) is 47.4. The van der Waals surface area contributed by atoms with Crippen LogP contribution in [-0.2, 0) is 23.7 Å². The molecule has 0 aromatic rings. The Morgan fingerprint density at radius 1 is 0.432 bits per heavy atom. The third kappa shape index (κ3) is 32.2. The van der Waals surface area contributed by atoms with Crippen LogP contribution in [-0.4, -0.2) is 140 Å². The molecule has 1 amide bonds. The van der Waals surface area contributed by atoms with Crippen LogP contribution >= 0.6 is 0 Å². The van der Waals surface area contributed by atoms with Gasteiger partial charge in [0.15, 0.2) is 12.6 Å². The van der Waals surface area contributed by atoms with Gasteiger partial charge >= 0.3 is 0 Å². The Hall–Kier alpha value is -1.01. The molecule has 0 saturated carbocycles. The maximum Gasteiger partial charge on any atom is 0.220 e. The first-order chi connectivity index (χ1) is 36.1. The van der Waals surface area contributed by atoms with Crippen LogP contribution in [0.15, 0.2) is 0 Å². The molecule has 74 heavy (non-hydrogen) atoms. The number of ether oxygens (including phenoxy) is 4. The fourth-order valence-corrected chi connectivity index (χ4v) is 10.8. The molecule has 0 aliphatic carbocycles. The lowest BCUT2D eigenvalue weighted by Gasteiger charge is -2.46. The number of rotatable bonds is 51. The Morgan fingerprint density at radius 2 is 0.770 bits per heavy atom. The Bertz CT molecular complexity index is 1250. The van der Waals surface area contributed by atoms with Crippen molar-refractivity contribution in [3.8, 4) is 0 Å². The van der Waals surface area contributed by atoms with Gasteiger partial charge in [-0.2, -0.15) is 0 Å². The lowest BCUT2D eigenvalue weighted by molar-refractivity contribution is -0.359. The van der Waals surface area contributed by atoms with Gasteiger partial charge in [0.25, 0.3) is 0 Å². The van der Waals surface area contributed by atoms with Crippen LogP contribution in [0.25, 0.3) is 0 Å². The first kappa shape index (κ1) is 69.1. The quantitative estimate of drug-likeness (QED) is 0.0259. The zero-order chi connectivity index (χ0) is 53.9. The summed E-state index contributed by atoms with van der Waals surface area (Å²) in [5.41, 5.74) is 0. The van der Waals surface area contributed by atoms with Crippen LogP contribution in [0.3, 0.4) is 0 Å². The summed E-state index contributed by atoms with van der Waals surface area (Å²) >= 11 is 0. The Kier molecular flexibility index (Phi) is 43.8. The van der Waals surface area contributed by atoms with E-state index in [9.17, 15) is 45.6 Å². The van der Waals surface area contributed by atoms with Crippen molar-refractivity contribution in [2.45, 2.75) is 357 Å². The largest absolute Gasteiger partial charge is 0.394 e. The molecule has 0 aromatic heterocycles. The molecule has 12 atom stereocenters. The smallest absolute Gasteiger partial charge is 0.220 e. The van der Waals surface area contributed by atoms with E-state index in [1.807, 2.05) is 0 Å². The molecular weight excluding hydrogens is 943 g/mol. The first-order valence-electron chi connectivity index (χ1n) is 31.3. The van der Waals surface area contributed by atoms with Crippen molar-refractivity contribution in [1.82, 2.24) is 5.32 Å². The van der Waals surface area contributed by atoms with Crippen LogP contribution < -0.4 is 5.32 Å². The van der Waals surface area contributed by atoms with Gasteiger partial charge < -0.3 is 65.1 Å². The van der Waals surface area contributed by atoms with Crippen LogP contribution in [0.5, 0.6) is 0 Å². The van der Waals surface area contributed by atoms with Crippen molar-refractivity contribution in [3.63, 3.8) is 0 Å². The Labute approximate surface area is 451 Å². The molecule has 2 rings (SSSR count). The number of aliphatic hydroxyl groups excluding tert-OH is 8. The predicted molar refractivity (Wildman–Crippen MR) is 296 cm³/mol. The van der Waals surface area contributed by atoms with Gasteiger partial charge in [-0.25, -0.2) is 0 Å². The van der Waals surface area contributed by atoms with E-state index in [4.69, 9.17) is 18.9 Å². The SMILES string of the molecule is CCCCCCCCCCCCCCCCCCCCCCCCCCCCCCCCC(=O)NC(COC1OC(CO)C(OC2OC(CO)C(O)C(O)C2O)C(O)C1O)C(O)CCCCCCCCCCCC. The van der Waals surface area contributed by atoms with E-state index in [2.05, 4.69) is 19.2 Å². The number of unbranched alkanes of at least 4 members (excludes halogenated alkanes) is 38. The monoisotopic (exact) mass is 1060 g/mol. The number of amides is 1. The van der Waals surface area contributed by atoms with Gasteiger partial charge in [0.2, 0.25) is 5.91 Å². The minimum atomic E-state index is -1.78. The lowest BCUT2D eigenvalue weighted by atomic mass is 9.97. The molecule has 0 bridgehead atoms. The van der Waals surface area contributed by atoms with E-state index in [1.54, 1.807) is 0 Å². The molecule has 0 spiro atoms. The summed E-state index contributed by atoms with van der Waals surface area (Å²) in [6.45, 7) is 2.87. The Morgan fingerprint density at radius 3 is 1.15 bits per heavy atom. The molecule has 2 heterocycles. The van der Waals surface area contributed by atoms with Crippen LogP contribution in [0, 0.1) is 0 Å². The van der Waals surface area contributed by atoms with Gasteiger partial charge in [-0.1, -0.05) is 264 Å². The minimum Gasteiger partial charge on any atom is -0.394 e. The number of aliphatic hydroxyl groups is 8. The standard InChI is InChI=1S/C60H117NO13/c1-3-5-7-9-11-13-15-16-17-18-19-20-21-22-23-24-25-26-27-28-29-30-31-32-33-34-36-38-40-42-44-52(65)61-48(49(64)43-41-39-37-35-14-12-10-8-6-4-2)47-71-59-57(70)55(68)58(51(46-63)73-59)74-60-56(69)54(67)53(66)50(45-62)72-60/h48-51,53-60,62-64,66-70H,3-47H2,1-2H3,(H,61,65). The second-order valence-corrected chi connectivity index (χ2v) is 22.6. The van der Waals surface area contributed by atoms with Crippen molar-refractivity contribution in [2.24, 2.45) is 0 Å². The lowest BCUT2D eigenvalue weighted by Crippen LogP contribution is -2.65. The van der Waals surface area contributed by atoms with Crippen molar-refractivity contribution >= 4 is 5.91 Å². The zero-order valence-corrected chi connectivity index (χ0v) is 47.4. The predicted octanol–water partition coefficient (Wildman–Crippen LogP) is 10.9. The van der Waals surface area contributed by atoms with Gasteiger partial charge in [-0.15, -0.1) is 0 Å². The molecule has 9 N–H and O–H groups in total. The summed E-state index contributed by atoms with van der Waals surface area (Å²) in [4.78, 5) is 13.2. The fraction of sp³-hybridized carbons (Fsp3) is 0.983. The van der Waals surface area contributed by atoms with E-state index in [1.165, 1.54) is 205 Å². The molecule has 14 nitrogen and oxygen atoms in total. The molecule has 0 radical (unpaired) electrons. The van der Waals surface area contributed by atoms with Gasteiger partial charge in [0.05, 0.1) is 32.0 Å². The molecule has 2 aliphatic heterocycles. The second-order valence-electron chi connectivity index (χ2n) is 22.6. The summed E-state index contributed by atoms with van der Waals surface area (Å²) in [5, 5.41) is 87.1. The molecule has 2 fully saturated rings. The minimum absolute atomic E-state index is 0.202. The van der Waals surface area contributed by atoms with Crippen LogP contribution in [0.4, 0.5) is 0 Å². The molecule has 2 saturated heterocycles. The highest BCUT2D eigenvalue weighted by Gasteiger charge is 2.51. The van der Waals surface area contributed by atoms with Gasteiger partial charge in [0.1, 0.15) is 48.8 Å². The summed E-state index contributed by atoms with van der Waals surface area (Å²) in [6, 6.07) is -0.821. The van der Waals surface area contributed by atoms with Crippen molar-refractivity contribution in [2.75, 3.05) is 19.8 Å². The molecule has 2 aliphatic rings. The van der Waals surface area contributed by atoms with Crippen LogP contribution in [0.1, 0.15) is 284 Å². The van der Waals surface area contributed by atoms with Gasteiger partial charge in [-0.3, -0.25) is 4.79 Å². The molecule has 14 heteroatoms. The number of hydrogen-bond donors (Lipinski definition) is 9. The van der Waals surface area contributed by atoms with E-state index in [-0.39, 0.29) is 12.5 Å². The third-order valence-electron chi connectivity index (χ3n) is 15.8. The number of carbonyl (C=O) groups excluding carboxylic acids is 1. The van der Waals surface area contributed by atoms with Crippen molar-refractivity contribution < 1.29 is 64.6 Å². The van der Waals surface area contributed by atoms with Crippen molar-refractivity contribution in [3.05, 3.63) is 0 Å². The van der Waals surface area contributed by atoms with E-state index >= 15 is 0 Å². The topological polar surface area (TPSA) is 228 Å². The number of nitrogens with one attached hydrogen (secondary N) is 1.